The number of carbonyl (C=O) groups is 2. The topological polar surface area (TPSA) is 49.9 Å². The standard InChI is InChI=1S/C24H22ClFN2O3S2/c25-18-7-3-17(4-8-18)13-27(14-20-2-1-11-31-20)22(29)15-28-23(30)21(33-24(28)32)12-16-5-9-19(26)10-6-16/h3-10,12,20H,1-2,11,13-15H2/b21-12-. The van der Waals surface area contributed by atoms with Gasteiger partial charge in [0.2, 0.25) is 5.91 Å². The zero-order valence-electron chi connectivity index (χ0n) is 17.7. The highest BCUT2D eigenvalue weighted by Crippen LogP contribution is 2.32. The van der Waals surface area contributed by atoms with Gasteiger partial charge in [-0.1, -0.05) is 59.8 Å². The maximum atomic E-state index is 13.3. The highest BCUT2D eigenvalue weighted by Gasteiger charge is 2.35. The van der Waals surface area contributed by atoms with Gasteiger partial charge in [0.15, 0.2) is 0 Å². The molecule has 1 atom stereocenters. The van der Waals surface area contributed by atoms with Crippen molar-refractivity contribution in [3.8, 4) is 0 Å². The van der Waals surface area contributed by atoms with Crippen LogP contribution in [0.3, 0.4) is 0 Å². The van der Waals surface area contributed by atoms with Gasteiger partial charge >= 0.3 is 0 Å². The lowest BCUT2D eigenvalue weighted by atomic mass is 10.1. The Kier molecular flexibility index (Phi) is 7.80. The molecule has 0 spiro atoms. The SMILES string of the molecule is O=C(CN1C(=O)/C(=C/c2ccc(F)cc2)SC1=S)N(Cc1ccc(Cl)cc1)CC1CCCO1. The van der Waals surface area contributed by atoms with Crippen LogP contribution in [0.2, 0.25) is 5.02 Å². The number of rotatable bonds is 7. The van der Waals surface area contributed by atoms with Gasteiger partial charge in [-0.3, -0.25) is 14.5 Å². The number of thioether (sulfide) groups is 1. The predicted molar refractivity (Wildman–Crippen MR) is 132 cm³/mol. The van der Waals surface area contributed by atoms with Crippen LogP contribution in [0.5, 0.6) is 0 Å². The molecular weight excluding hydrogens is 483 g/mol. The fraction of sp³-hybridized carbons (Fsp3) is 0.292. The maximum Gasteiger partial charge on any atom is 0.266 e. The summed E-state index contributed by atoms with van der Waals surface area (Å²) in [5, 5.41) is 0.626. The Bertz CT molecular complexity index is 1070. The van der Waals surface area contributed by atoms with Gasteiger partial charge < -0.3 is 9.64 Å². The Morgan fingerprint density at radius 2 is 1.97 bits per heavy atom. The molecule has 2 aliphatic heterocycles. The quantitative estimate of drug-likeness (QED) is 0.397. The smallest absolute Gasteiger partial charge is 0.266 e. The monoisotopic (exact) mass is 504 g/mol. The van der Waals surface area contributed by atoms with Crippen molar-refractivity contribution in [3.05, 3.63) is 75.4 Å². The molecule has 33 heavy (non-hydrogen) atoms. The fourth-order valence-electron chi connectivity index (χ4n) is 3.68. The van der Waals surface area contributed by atoms with E-state index in [9.17, 15) is 14.0 Å². The first-order chi connectivity index (χ1) is 15.9. The highest BCUT2D eigenvalue weighted by molar-refractivity contribution is 8.26. The van der Waals surface area contributed by atoms with Gasteiger partial charge in [-0.05, 0) is 54.3 Å². The van der Waals surface area contributed by atoms with Crippen LogP contribution >= 0.6 is 35.6 Å². The molecule has 172 valence electrons. The predicted octanol–water partition coefficient (Wildman–Crippen LogP) is 4.89. The fourth-order valence-corrected chi connectivity index (χ4v) is 5.06. The van der Waals surface area contributed by atoms with Crippen LogP contribution in [0.4, 0.5) is 4.39 Å². The summed E-state index contributed by atoms with van der Waals surface area (Å²) in [6, 6.07) is 13.2. The van der Waals surface area contributed by atoms with Gasteiger partial charge in [0.1, 0.15) is 16.7 Å². The second kappa shape index (κ2) is 10.8. The molecule has 2 aromatic carbocycles. The van der Waals surface area contributed by atoms with E-state index < -0.39 is 0 Å². The Balaban J connectivity index is 1.47. The second-order valence-electron chi connectivity index (χ2n) is 7.86. The molecule has 2 aromatic rings. The van der Waals surface area contributed by atoms with Crippen LogP contribution in [-0.2, 0) is 20.9 Å². The van der Waals surface area contributed by atoms with Gasteiger partial charge in [-0.25, -0.2) is 4.39 Å². The molecule has 5 nitrogen and oxygen atoms in total. The van der Waals surface area contributed by atoms with E-state index in [1.807, 2.05) is 12.1 Å². The summed E-state index contributed by atoms with van der Waals surface area (Å²) in [4.78, 5) is 29.7. The molecule has 4 rings (SSSR count). The van der Waals surface area contributed by atoms with Crippen LogP contribution in [0.25, 0.3) is 6.08 Å². The molecule has 2 amide bonds. The van der Waals surface area contributed by atoms with E-state index in [0.29, 0.717) is 39.5 Å². The Morgan fingerprint density at radius 3 is 2.64 bits per heavy atom. The number of nitrogens with zero attached hydrogens (tertiary/aromatic N) is 2. The van der Waals surface area contributed by atoms with E-state index in [2.05, 4.69) is 0 Å². The molecule has 2 heterocycles. The van der Waals surface area contributed by atoms with Crippen LogP contribution in [0.1, 0.15) is 24.0 Å². The normalized spacial score (nSPS) is 19.5. The van der Waals surface area contributed by atoms with Gasteiger partial charge in [-0.2, -0.15) is 0 Å². The Hall–Kier alpha value is -2.26. The van der Waals surface area contributed by atoms with E-state index >= 15 is 0 Å². The minimum Gasteiger partial charge on any atom is -0.376 e. The van der Waals surface area contributed by atoms with Crippen molar-refractivity contribution in [1.29, 1.82) is 0 Å². The number of ether oxygens (including phenoxy) is 1. The number of hydrogen-bond donors (Lipinski definition) is 0. The Labute approximate surface area is 206 Å². The van der Waals surface area contributed by atoms with Crippen molar-refractivity contribution in [2.75, 3.05) is 19.7 Å². The van der Waals surface area contributed by atoms with E-state index in [1.54, 1.807) is 35.2 Å². The summed E-state index contributed by atoms with van der Waals surface area (Å²) in [7, 11) is 0. The summed E-state index contributed by atoms with van der Waals surface area (Å²) < 4.78 is 19.2. The third-order valence-electron chi connectivity index (χ3n) is 5.42. The van der Waals surface area contributed by atoms with E-state index in [4.69, 9.17) is 28.6 Å². The third kappa shape index (κ3) is 6.20. The van der Waals surface area contributed by atoms with Crippen molar-refractivity contribution < 1.29 is 18.7 Å². The van der Waals surface area contributed by atoms with Crippen molar-refractivity contribution in [3.63, 3.8) is 0 Å². The minimum atomic E-state index is -0.350. The van der Waals surface area contributed by atoms with E-state index in [1.165, 1.54) is 17.0 Å². The van der Waals surface area contributed by atoms with Crippen LogP contribution in [-0.4, -0.2) is 51.7 Å². The molecule has 0 aliphatic carbocycles. The maximum absolute atomic E-state index is 13.3. The number of halogens is 2. The van der Waals surface area contributed by atoms with Crippen molar-refractivity contribution in [1.82, 2.24) is 9.80 Å². The van der Waals surface area contributed by atoms with Gasteiger partial charge in [0.05, 0.1) is 11.0 Å². The number of thiocarbonyl (C=S) groups is 1. The molecule has 0 saturated carbocycles. The van der Waals surface area contributed by atoms with Crippen molar-refractivity contribution in [2.45, 2.75) is 25.5 Å². The van der Waals surface area contributed by atoms with Crippen molar-refractivity contribution >= 4 is 57.8 Å². The number of carbonyl (C=O) groups excluding carboxylic acids is 2. The first kappa shape index (κ1) is 23.9. The average Bonchev–Trinajstić information content (AvgIpc) is 3.40. The first-order valence-corrected chi connectivity index (χ1v) is 12.1. The molecule has 0 radical (unpaired) electrons. The van der Waals surface area contributed by atoms with Crippen LogP contribution < -0.4 is 0 Å². The van der Waals surface area contributed by atoms with E-state index in [0.717, 1.165) is 30.2 Å². The first-order valence-electron chi connectivity index (χ1n) is 10.5. The lowest BCUT2D eigenvalue weighted by Crippen LogP contribution is -2.44. The highest BCUT2D eigenvalue weighted by atomic mass is 35.5. The van der Waals surface area contributed by atoms with E-state index in [-0.39, 0.29) is 30.3 Å². The molecule has 2 saturated heterocycles. The number of benzene rings is 2. The van der Waals surface area contributed by atoms with Gasteiger partial charge in [0, 0.05) is 24.7 Å². The summed E-state index contributed by atoms with van der Waals surface area (Å²) >= 11 is 12.5. The molecular formula is C24H22ClFN2O3S2. The zero-order chi connectivity index (χ0) is 23.4. The lowest BCUT2D eigenvalue weighted by molar-refractivity contribution is -0.137. The summed E-state index contributed by atoms with van der Waals surface area (Å²) in [6.07, 6.45) is 3.49. The molecule has 0 bridgehead atoms. The molecule has 1 unspecified atom stereocenters. The average molecular weight is 505 g/mol. The molecule has 2 fully saturated rings. The number of hydrogen-bond acceptors (Lipinski definition) is 5. The van der Waals surface area contributed by atoms with Gasteiger partial charge in [-0.15, -0.1) is 0 Å². The number of amides is 2. The Morgan fingerprint density at radius 1 is 1.24 bits per heavy atom. The van der Waals surface area contributed by atoms with Crippen LogP contribution in [0, 0.1) is 5.82 Å². The molecule has 9 heteroatoms. The zero-order valence-corrected chi connectivity index (χ0v) is 20.1. The summed E-state index contributed by atoms with van der Waals surface area (Å²) in [5.41, 5.74) is 1.62. The third-order valence-corrected chi connectivity index (χ3v) is 7.05. The molecule has 0 N–H and O–H groups in total. The minimum absolute atomic E-state index is 0.0224. The largest absolute Gasteiger partial charge is 0.376 e. The summed E-state index contributed by atoms with van der Waals surface area (Å²) in [6.45, 7) is 1.37. The lowest BCUT2D eigenvalue weighted by Gasteiger charge is -2.27. The second-order valence-corrected chi connectivity index (χ2v) is 9.97. The summed E-state index contributed by atoms with van der Waals surface area (Å²) in [5.74, 6) is -0.886. The van der Waals surface area contributed by atoms with Crippen molar-refractivity contribution in [2.24, 2.45) is 0 Å². The van der Waals surface area contributed by atoms with Gasteiger partial charge in [0.25, 0.3) is 5.91 Å². The van der Waals surface area contributed by atoms with Crippen LogP contribution in [0.15, 0.2) is 53.4 Å². The molecule has 0 aromatic heterocycles. The molecule has 2 aliphatic rings.